The van der Waals surface area contributed by atoms with E-state index in [1.807, 2.05) is 0 Å². The third-order valence-corrected chi connectivity index (χ3v) is 3.82. The Morgan fingerprint density at radius 3 is 2.67 bits per heavy atom. The number of hydrogen-bond acceptors (Lipinski definition) is 2. The summed E-state index contributed by atoms with van der Waals surface area (Å²) in [6.07, 6.45) is 2.45. The van der Waals surface area contributed by atoms with Gasteiger partial charge < -0.3 is 10.2 Å². The molecule has 0 radical (unpaired) electrons. The standard InChI is InChI=1S/C16H26N2/c1-16(2,3)10-12-18-11-9-14(17-4)13-7-5-6-8-15(13)18/h5-8,14,17H,9-12H2,1-4H3. The summed E-state index contributed by atoms with van der Waals surface area (Å²) in [4.78, 5) is 2.55. The van der Waals surface area contributed by atoms with Gasteiger partial charge >= 0.3 is 0 Å². The van der Waals surface area contributed by atoms with E-state index in [-0.39, 0.29) is 0 Å². The van der Waals surface area contributed by atoms with E-state index in [0.717, 1.165) is 6.54 Å². The van der Waals surface area contributed by atoms with Gasteiger partial charge in [-0.05, 0) is 36.9 Å². The van der Waals surface area contributed by atoms with Crippen LogP contribution in [0, 0.1) is 5.41 Å². The SMILES string of the molecule is CNC1CCN(CCC(C)(C)C)c2ccccc21. The molecule has 1 aromatic carbocycles. The van der Waals surface area contributed by atoms with E-state index < -0.39 is 0 Å². The van der Waals surface area contributed by atoms with Crippen molar-refractivity contribution in [2.45, 2.75) is 39.7 Å². The van der Waals surface area contributed by atoms with Gasteiger partial charge in [0.1, 0.15) is 0 Å². The van der Waals surface area contributed by atoms with Crippen LogP contribution in [0.4, 0.5) is 5.69 Å². The molecular formula is C16H26N2. The molecule has 1 heterocycles. The van der Waals surface area contributed by atoms with E-state index >= 15 is 0 Å². The van der Waals surface area contributed by atoms with Crippen molar-refractivity contribution in [1.29, 1.82) is 0 Å². The van der Waals surface area contributed by atoms with Crippen LogP contribution in [0.1, 0.15) is 45.2 Å². The van der Waals surface area contributed by atoms with Gasteiger partial charge in [0, 0.05) is 24.8 Å². The molecule has 0 aromatic heterocycles. The molecule has 0 fully saturated rings. The van der Waals surface area contributed by atoms with Crippen molar-refractivity contribution in [3.05, 3.63) is 29.8 Å². The van der Waals surface area contributed by atoms with E-state index in [1.165, 1.54) is 30.6 Å². The summed E-state index contributed by atoms with van der Waals surface area (Å²) in [6.45, 7) is 9.29. The Bertz CT molecular complexity index is 392. The Labute approximate surface area is 111 Å². The Morgan fingerprint density at radius 2 is 2.00 bits per heavy atom. The number of rotatable bonds is 3. The molecule has 1 atom stereocenters. The van der Waals surface area contributed by atoms with Crippen LogP contribution in [0.5, 0.6) is 0 Å². The van der Waals surface area contributed by atoms with Crippen LogP contribution in [0.3, 0.4) is 0 Å². The zero-order valence-corrected chi connectivity index (χ0v) is 12.2. The number of nitrogens with zero attached hydrogens (tertiary/aromatic N) is 1. The number of para-hydroxylation sites is 1. The van der Waals surface area contributed by atoms with Crippen molar-refractivity contribution < 1.29 is 0 Å². The normalized spacial score (nSPS) is 19.8. The summed E-state index contributed by atoms with van der Waals surface area (Å²) in [5.41, 5.74) is 3.29. The molecule has 18 heavy (non-hydrogen) atoms. The van der Waals surface area contributed by atoms with Crippen molar-refractivity contribution in [3.8, 4) is 0 Å². The molecule has 2 heteroatoms. The second kappa shape index (κ2) is 5.31. The van der Waals surface area contributed by atoms with Crippen LogP contribution in [0.2, 0.25) is 0 Å². The lowest BCUT2D eigenvalue weighted by molar-refractivity contribution is 0.374. The summed E-state index contributed by atoms with van der Waals surface area (Å²) in [6, 6.07) is 9.35. The highest BCUT2D eigenvalue weighted by Crippen LogP contribution is 2.34. The Hall–Kier alpha value is -1.02. The monoisotopic (exact) mass is 246 g/mol. The maximum absolute atomic E-state index is 3.43. The molecular weight excluding hydrogens is 220 g/mol. The first-order valence-corrected chi connectivity index (χ1v) is 7.02. The highest BCUT2D eigenvalue weighted by atomic mass is 15.1. The van der Waals surface area contributed by atoms with Gasteiger partial charge in [-0.3, -0.25) is 0 Å². The molecule has 0 bridgehead atoms. The Morgan fingerprint density at radius 1 is 1.28 bits per heavy atom. The van der Waals surface area contributed by atoms with Gasteiger partial charge in [-0.2, -0.15) is 0 Å². The molecule has 1 N–H and O–H groups in total. The first-order valence-electron chi connectivity index (χ1n) is 7.02. The van der Waals surface area contributed by atoms with E-state index in [9.17, 15) is 0 Å². The largest absolute Gasteiger partial charge is 0.371 e. The fourth-order valence-corrected chi connectivity index (χ4v) is 2.63. The minimum absolute atomic E-state index is 0.412. The molecule has 1 aliphatic rings. The molecule has 100 valence electrons. The minimum atomic E-state index is 0.412. The first-order chi connectivity index (χ1) is 8.51. The Kier molecular flexibility index (Phi) is 3.96. The van der Waals surface area contributed by atoms with Gasteiger partial charge in [0.15, 0.2) is 0 Å². The molecule has 0 saturated carbocycles. The molecule has 0 saturated heterocycles. The van der Waals surface area contributed by atoms with Crippen LogP contribution < -0.4 is 10.2 Å². The molecule has 2 nitrogen and oxygen atoms in total. The first kappa shape index (κ1) is 13.4. The fourth-order valence-electron chi connectivity index (χ4n) is 2.63. The lowest BCUT2D eigenvalue weighted by atomic mass is 9.90. The Balaban J connectivity index is 2.15. The third kappa shape index (κ3) is 3.05. The van der Waals surface area contributed by atoms with Crippen LogP contribution in [-0.4, -0.2) is 20.1 Å². The fraction of sp³-hybridized carbons (Fsp3) is 0.625. The van der Waals surface area contributed by atoms with Crippen LogP contribution >= 0.6 is 0 Å². The minimum Gasteiger partial charge on any atom is -0.371 e. The van der Waals surface area contributed by atoms with Crippen molar-refractivity contribution in [1.82, 2.24) is 5.32 Å². The lowest BCUT2D eigenvalue weighted by Crippen LogP contribution is -2.36. The molecule has 1 aromatic rings. The van der Waals surface area contributed by atoms with Crippen LogP contribution in [-0.2, 0) is 0 Å². The quantitative estimate of drug-likeness (QED) is 0.876. The smallest absolute Gasteiger partial charge is 0.0414 e. The molecule has 0 amide bonds. The van der Waals surface area contributed by atoms with Gasteiger partial charge in [0.05, 0.1) is 0 Å². The van der Waals surface area contributed by atoms with Gasteiger partial charge in [-0.15, -0.1) is 0 Å². The number of anilines is 1. The van der Waals surface area contributed by atoms with E-state index in [2.05, 4.69) is 62.3 Å². The number of hydrogen-bond donors (Lipinski definition) is 1. The van der Waals surface area contributed by atoms with E-state index in [4.69, 9.17) is 0 Å². The summed E-state index contributed by atoms with van der Waals surface area (Å²) >= 11 is 0. The lowest BCUT2D eigenvalue weighted by Gasteiger charge is -2.37. The average molecular weight is 246 g/mol. The second-order valence-electron chi connectivity index (χ2n) is 6.49. The van der Waals surface area contributed by atoms with E-state index in [0.29, 0.717) is 11.5 Å². The second-order valence-corrected chi connectivity index (χ2v) is 6.49. The molecule has 1 unspecified atom stereocenters. The number of nitrogens with one attached hydrogen (secondary N) is 1. The summed E-state index contributed by atoms with van der Waals surface area (Å²) in [7, 11) is 2.06. The highest BCUT2D eigenvalue weighted by molar-refractivity contribution is 5.56. The van der Waals surface area contributed by atoms with Gasteiger partial charge in [0.2, 0.25) is 0 Å². The van der Waals surface area contributed by atoms with E-state index in [1.54, 1.807) is 0 Å². The maximum atomic E-state index is 3.43. The number of benzene rings is 1. The number of fused-ring (bicyclic) bond motifs is 1. The van der Waals surface area contributed by atoms with Crippen LogP contribution in [0.25, 0.3) is 0 Å². The van der Waals surface area contributed by atoms with Gasteiger partial charge in [-0.25, -0.2) is 0 Å². The summed E-state index contributed by atoms with van der Waals surface area (Å²) in [5.74, 6) is 0. The molecule has 0 aliphatic carbocycles. The summed E-state index contributed by atoms with van der Waals surface area (Å²) < 4.78 is 0. The predicted octanol–water partition coefficient (Wildman–Crippen LogP) is 3.59. The topological polar surface area (TPSA) is 15.3 Å². The maximum Gasteiger partial charge on any atom is 0.0414 e. The van der Waals surface area contributed by atoms with Gasteiger partial charge in [0.25, 0.3) is 0 Å². The van der Waals surface area contributed by atoms with Crippen molar-refractivity contribution >= 4 is 5.69 Å². The third-order valence-electron chi connectivity index (χ3n) is 3.82. The molecule has 0 spiro atoms. The highest BCUT2D eigenvalue weighted by Gasteiger charge is 2.24. The average Bonchev–Trinajstić information content (AvgIpc) is 2.35. The van der Waals surface area contributed by atoms with Crippen LogP contribution in [0.15, 0.2) is 24.3 Å². The zero-order valence-electron chi connectivity index (χ0n) is 12.2. The van der Waals surface area contributed by atoms with Crippen molar-refractivity contribution in [2.75, 3.05) is 25.0 Å². The predicted molar refractivity (Wildman–Crippen MR) is 79.1 cm³/mol. The van der Waals surface area contributed by atoms with Crippen molar-refractivity contribution in [2.24, 2.45) is 5.41 Å². The van der Waals surface area contributed by atoms with Crippen molar-refractivity contribution in [3.63, 3.8) is 0 Å². The molecule has 2 rings (SSSR count). The summed E-state index contributed by atoms with van der Waals surface area (Å²) in [5, 5.41) is 3.43. The molecule has 1 aliphatic heterocycles. The zero-order chi connectivity index (χ0) is 13.2. The van der Waals surface area contributed by atoms with Gasteiger partial charge in [-0.1, -0.05) is 39.0 Å².